The van der Waals surface area contributed by atoms with Crippen LogP contribution in [-0.2, 0) is 14.3 Å². The fourth-order valence-electron chi connectivity index (χ4n) is 0.753. The summed E-state index contributed by atoms with van der Waals surface area (Å²) in [7, 11) is 0. The van der Waals surface area contributed by atoms with E-state index in [0.717, 1.165) is 6.08 Å². The summed E-state index contributed by atoms with van der Waals surface area (Å²) in [4.78, 5) is 12.1. The van der Waals surface area contributed by atoms with E-state index < -0.39 is 12.1 Å². The molecule has 4 nitrogen and oxygen atoms in total. The molecular formula is C5H4F3NO3. The lowest BCUT2D eigenvalue weighted by Gasteiger charge is -2.22. The van der Waals surface area contributed by atoms with Crippen molar-refractivity contribution in [3.05, 3.63) is 0 Å². The van der Waals surface area contributed by atoms with Crippen LogP contribution in [0.5, 0.6) is 0 Å². The molecule has 0 atom stereocenters. The average Bonchev–Trinajstić information content (AvgIpc) is 2.36. The van der Waals surface area contributed by atoms with Crippen LogP contribution in [0.3, 0.4) is 0 Å². The second kappa shape index (κ2) is 2.85. The zero-order chi connectivity index (χ0) is 9.24. The van der Waals surface area contributed by atoms with Gasteiger partial charge < -0.3 is 9.47 Å². The molecular weight excluding hydrogens is 179 g/mol. The van der Waals surface area contributed by atoms with Gasteiger partial charge in [-0.15, -0.1) is 4.99 Å². The first-order chi connectivity index (χ1) is 5.52. The lowest BCUT2D eigenvalue weighted by Crippen LogP contribution is -2.44. The summed E-state index contributed by atoms with van der Waals surface area (Å²) in [6.45, 7) is -0.491. The molecule has 0 amide bonds. The van der Waals surface area contributed by atoms with Crippen LogP contribution in [0.4, 0.5) is 13.2 Å². The summed E-state index contributed by atoms with van der Waals surface area (Å²) in [6.07, 6.45) is -4.08. The first kappa shape index (κ1) is 9.18. The molecule has 0 radical (unpaired) electrons. The number of isocyanates is 1. The lowest BCUT2D eigenvalue weighted by atomic mass is 10.5. The molecule has 0 saturated carbocycles. The van der Waals surface area contributed by atoms with Gasteiger partial charge in [-0.3, -0.25) is 0 Å². The van der Waals surface area contributed by atoms with Crippen LogP contribution in [0, 0.1) is 0 Å². The minimum atomic E-state index is -4.85. The maximum Gasteiger partial charge on any atom is 0.468 e. The summed E-state index contributed by atoms with van der Waals surface area (Å²) < 4.78 is 44.6. The van der Waals surface area contributed by atoms with E-state index in [4.69, 9.17) is 0 Å². The molecule has 68 valence electrons. The second-order valence-corrected chi connectivity index (χ2v) is 1.98. The van der Waals surface area contributed by atoms with Gasteiger partial charge in [0.2, 0.25) is 6.08 Å². The van der Waals surface area contributed by atoms with Crippen molar-refractivity contribution < 1.29 is 27.4 Å². The molecule has 0 aromatic heterocycles. The average molecular weight is 183 g/mol. The normalized spacial score (nSPS) is 21.9. The largest absolute Gasteiger partial charge is 0.468 e. The zero-order valence-corrected chi connectivity index (χ0v) is 5.72. The Morgan fingerprint density at radius 1 is 1.33 bits per heavy atom. The van der Waals surface area contributed by atoms with Gasteiger partial charge >= 0.3 is 12.1 Å². The van der Waals surface area contributed by atoms with Crippen molar-refractivity contribution in [3.63, 3.8) is 0 Å². The minimum absolute atomic E-state index is 0.245. The SMILES string of the molecule is O=C=NC1(C(F)(F)F)OCCO1. The van der Waals surface area contributed by atoms with Crippen molar-refractivity contribution in [2.45, 2.75) is 12.1 Å². The fourth-order valence-corrected chi connectivity index (χ4v) is 0.753. The zero-order valence-electron chi connectivity index (χ0n) is 5.72. The molecule has 0 aromatic carbocycles. The number of aliphatic imine (C=N–C) groups is 1. The maximum atomic E-state index is 12.1. The quantitative estimate of drug-likeness (QED) is 0.441. The molecule has 0 unspecified atom stereocenters. The monoisotopic (exact) mass is 183 g/mol. The number of ether oxygens (including phenoxy) is 2. The molecule has 1 aliphatic heterocycles. The Bertz CT molecular complexity index is 214. The van der Waals surface area contributed by atoms with Crippen LogP contribution in [0.2, 0.25) is 0 Å². The number of hydrogen-bond acceptors (Lipinski definition) is 4. The van der Waals surface area contributed by atoms with Crippen molar-refractivity contribution in [1.82, 2.24) is 0 Å². The second-order valence-electron chi connectivity index (χ2n) is 1.98. The van der Waals surface area contributed by atoms with Gasteiger partial charge in [-0.05, 0) is 0 Å². The van der Waals surface area contributed by atoms with Crippen LogP contribution < -0.4 is 0 Å². The number of halogens is 3. The van der Waals surface area contributed by atoms with Crippen molar-refractivity contribution in [1.29, 1.82) is 0 Å². The summed E-state index contributed by atoms with van der Waals surface area (Å²) in [5.74, 6) is -3.12. The molecule has 0 spiro atoms. The highest BCUT2D eigenvalue weighted by Crippen LogP contribution is 2.38. The molecule has 1 heterocycles. The molecule has 7 heteroatoms. The van der Waals surface area contributed by atoms with E-state index in [2.05, 4.69) is 14.5 Å². The highest BCUT2D eigenvalue weighted by molar-refractivity contribution is 5.34. The van der Waals surface area contributed by atoms with Crippen LogP contribution in [0.25, 0.3) is 0 Å². The molecule has 0 bridgehead atoms. The van der Waals surface area contributed by atoms with E-state index in [9.17, 15) is 18.0 Å². The van der Waals surface area contributed by atoms with Gasteiger partial charge in [0.05, 0.1) is 13.2 Å². The topological polar surface area (TPSA) is 47.9 Å². The van der Waals surface area contributed by atoms with Crippen LogP contribution in [0.1, 0.15) is 0 Å². The van der Waals surface area contributed by atoms with E-state index in [1.807, 2.05) is 0 Å². The third kappa shape index (κ3) is 1.34. The maximum absolute atomic E-state index is 12.1. The highest BCUT2D eigenvalue weighted by Gasteiger charge is 2.61. The predicted molar refractivity (Wildman–Crippen MR) is 28.8 cm³/mol. The van der Waals surface area contributed by atoms with Crippen molar-refractivity contribution in [2.24, 2.45) is 4.99 Å². The van der Waals surface area contributed by atoms with E-state index in [-0.39, 0.29) is 13.2 Å². The molecule has 1 rings (SSSR count). The smallest absolute Gasteiger partial charge is 0.321 e. The Morgan fingerprint density at radius 3 is 2.17 bits per heavy atom. The van der Waals surface area contributed by atoms with Crippen molar-refractivity contribution in [2.75, 3.05) is 13.2 Å². The summed E-state index contributed by atoms with van der Waals surface area (Å²) in [5.41, 5.74) is 0. The van der Waals surface area contributed by atoms with Gasteiger partial charge in [0, 0.05) is 0 Å². The van der Waals surface area contributed by atoms with Gasteiger partial charge in [-0.1, -0.05) is 0 Å². The van der Waals surface area contributed by atoms with Gasteiger partial charge in [0.1, 0.15) is 0 Å². The van der Waals surface area contributed by atoms with Crippen LogP contribution >= 0.6 is 0 Å². The van der Waals surface area contributed by atoms with Gasteiger partial charge in [-0.2, -0.15) is 13.2 Å². The lowest BCUT2D eigenvalue weighted by molar-refractivity contribution is -0.339. The van der Waals surface area contributed by atoms with Gasteiger partial charge in [0.25, 0.3) is 0 Å². The Balaban J connectivity index is 2.94. The molecule has 1 fully saturated rings. The Kier molecular flexibility index (Phi) is 2.18. The molecule has 1 aliphatic rings. The van der Waals surface area contributed by atoms with Crippen molar-refractivity contribution in [3.8, 4) is 0 Å². The Morgan fingerprint density at radius 2 is 1.83 bits per heavy atom. The number of hydrogen-bond donors (Lipinski definition) is 0. The third-order valence-electron chi connectivity index (χ3n) is 1.23. The van der Waals surface area contributed by atoms with Crippen LogP contribution in [0.15, 0.2) is 4.99 Å². The van der Waals surface area contributed by atoms with E-state index in [1.54, 1.807) is 0 Å². The fraction of sp³-hybridized carbons (Fsp3) is 0.800. The number of carbonyl (C=O) groups excluding carboxylic acids is 1. The Hall–Kier alpha value is -0.910. The number of nitrogens with zero attached hydrogens (tertiary/aromatic N) is 1. The summed E-state index contributed by atoms with van der Waals surface area (Å²) in [6, 6.07) is 0. The van der Waals surface area contributed by atoms with E-state index in [0.29, 0.717) is 0 Å². The highest BCUT2D eigenvalue weighted by atomic mass is 19.4. The van der Waals surface area contributed by atoms with Gasteiger partial charge in [0.15, 0.2) is 0 Å². The standard InChI is InChI=1S/C5H4F3NO3/c6-4(7,8)5(9-3-10)11-1-2-12-5/h1-2H2. The molecule has 1 saturated heterocycles. The summed E-state index contributed by atoms with van der Waals surface area (Å²) in [5, 5.41) is 0. The van der Waals surface area contributed by atoms with Gasteiger partial charge in [-0.25, -0.2) is 4.79 Å². The molecule has 12 heavy (non-hydrogen) atoms. The predicted octanol–water partition coefficient (Wildman–Crippen LogP) is 0.585. The van der Waals surface area contributed by atoms with E-state index in [1.165, 1.54) is 0 Å². The minimum Gasteiger partial charge on any atom is -0.321 e. The Labute approximate surface area is 65.0 Å². The first-order valence-electron chi connectivity index (χ1n) is 2.95. The van der Waals surface area contributed by atoms with Crippen molar-refractivity contribution >= 4 is 6.08 Å². The number of rotatable bonds is 1. The number of alkyl halides is 3. The van der Waals surface area contributed by atoms with Crippen LogP contribution in [-0.4, -0.2) is 31.4 Å². The van der Waals surface area contributed by atoms with E-state index >= 15 is 0 Å². The third-order valence-corrected chi connectivity index (χ3v) is 1.23. The molecule has 0 aromatic rings. The molecule has 0 N–H and O–H groups in total. The first-order valence-corrected chi connectivity index (χ1v) is 2.95. The summed E-state index contributed by atoms with van der Waals surface area (Å²) >= 11 is 0. The molecule has 0 aliphatic carbocycles.